The van der Waals surface area contributed by atoms with Crippen LogP contribution in [0.4, 0.5) is 0 Å². The molecular weight excluding hydrogens is 252 g/mol. The van der Waals surface area contributed by atoms with Crippen molar-refractivity contribution in [1.29, 1.82) is 0 Å². The molecule has 1 aliphatic carbocycles. The van der Waals surface area contributed by atoms with E-state index < -0.39 is 0 Å². The predicted molar refractivity (Wildman–Crippen MR) is 79.1 cm³/mol. The Bertz CT molecular complexity index is 613. The summed E-state index contributed by atoms with van der Waals surface area (Å²) in [7, 11) is 0. The summed E-state index contributed by atoms with van der Waals surface area (Å²) in [4.78, 5) is 3.63. The monoisotopic (exact) mass is 270 g/mol. The lowest BCUT2D eigenvalue weighted by molar-refractivity contribution is 0.323. The molecule has 0 bridgehead atoms. The van der Waals surface area contributed by atoms with E-state index in [-0.39, 0.29) is 5.41 Å². The van der Waals surface area contributed by atoms with E-state index in [0.717, 1.165) is 23.9 Å². The van der Waals surface area contributed by atoms with Gasteiger partial charge < -0.3 is 15.2 Å². The molecule has 0 saturated heterocycles. The summed E-state index contributed by atoms with van der Waals surface area (Å²) < 4.78 is 11.7. The molecule has 4 nitrogen and oxygen atoms in total. The number of ether oxygens (including phenoxy) is 2. The minimum Gasteiger partial charge on any atom is -0.492 e. The lowest BCUT2D eigenvalue weighted by atomic mass is 9.97. The van der Waals surface area contributed by atoms with Crippen molar-refractivity contribution in [3.63, 3.8) is 0 Å². The van der Waals surface area contributed by atoms with Crippen molar-refractivity contribution in [3.8, 4) is 11.5 Å². The molecule has 20 heavy (non-hydrogen) atoms. The first-order valence-electron chi connectivity index (χ1n) is 6.69. The minimum atomic E-state index is 0.198. The Hall–Kier alpha value is -2.23. The predicted octanol–water partition coefficient (Wildman–Crippen LogP) is 2.89. The van der Waals surface area contributed by atoms with E-state index in [2.05, 4.69) is 11.7 Å². The molecule has 1 spiro atoms. The smallest absolute Gasteiger partial charge is 0.134 e. The molecule has 1 fully saturated rings. The second-order valence-corrected chi connectivity index (χ2v) is 5.33. The summed E-state index contributed by atoms with van der Waals surface area (Å²) in [6, 6.07) is 5.95. The van der Waals surface area contributed by atoms with Crippen LogP contribution < -0.4 is 15.2 Å². The summed E-state index contributed by atoms with van der Waals surface area (Å²) in [5.41, 5.74) is 6.98. The fourth-order valence-electron chi connectivity index (χ4n) is 2.54. The molecule has 0 atom stereocenters. The zero-order valence-electron chi connectivity index (χ0n) is 11.6. The number of hydrogen-bond acceptors (Lipinski definition) is 4. The number of hydrogen-bond donors (Lipinski definition) is 1. The summed E-state index contributed by atoms with van der Waals surface area (Å²) >= 11 is 0. The van der Waals surface area contributed by atoms with Gasteiger partial charge in [0.25, 0.3) is 0 Å². The summed E-state index contributed by atoms with van der Waals surface area (Å²) in [6.07, 6.45) is 5.82. The van der Waals surface area contributed by atoms with Gasteiger partial charge in [0.15, 0.2) is 0 Å². The van der Waals surface area contributed by atoms with Gasteiger partial charge >= 0.3 is 0 Å². The zero-order valence-corrected chi connectivity index (χ0v) is 11.6. The van der Waals surface area contributed by atoms with Crippen LogP contribution in [0.2, 0.25) is 0 Å². The largest absolute Gasteiger partial charge is 0.492 e. The van der Waals surface area contributed by atoms with Gasteiger partial charge in [-0.15, -0.1) is 0 Å². The highest BCUT2D eigenvalue weighted by Gasteiger charge is 2.52. The van der Waals surface area contributed by atoms with Crippen LogP contribution in [0.15, 0.2) is 46.9 Å². The lowest BCUT2D eigenvalue weighted by Crippen LogP contribution is -2.08. The molecule has 0 radical (unpaired) electrons. The second-order valence-electron chi connectivity index (χ2n) is 5.33. The van der Waals surface area contributed by atoms with E-state index >= 15 is 0 Å². The number of fused-ring (bicyclic) bond motifs is 2. The highest BCUT2D eigenvalue weighted by atomic mass is 16.5. The summed E-state index contributed by atoms with van der Waals surface area (Å²) in [6.45, 7) is 6.03. The third-order valence-electron chi connectivity index (χ3n) is 3.82. The van der Waals surface area contributed by atoms with E-state index in [1.165, 1.54) is 18.4 Å². The standard InChI is InChI=1S/C16H18N2O2/c1-11(6-7-14(17)18-2)20-13-5-3-4-12-15(13)16(8-9-16)10-19-12/h3-7H,2,8-10,17H2,1H3/b11-6+,14-7-. The van der Waals surface area contributed by atoms with E-state index in [1.807, 2.05) is 25.1 Å². The van der Waals surface area contributed by atoms with E-state index in [4.69, 9.17) is 15.2 Å². The van der Waals surface area contributed by atoms with Crippen molar-refractivity contribution >= 4 is 6.72 Å². The van der Waals surface area contributed by atoms with Crippen molar-refractivity contribution < 1.29 is 9.47 Å². The van der Waals surface area contributed by atoms with Crippen molar-refractivity contribution in [3.05, 3.63) is 47.5 Å². The zero-order chi connectivity index (χ0) is 14.2. The van der Waals surface area contributed by atoms with Gasteiger partial charge in [-0.25, -0.2) is 4.99 Å². The molecule has 104 valence electrons. The fourth-order valence-corrected chi connectivity index (χ4v) is 2.54. The van der Waals surface area contributed by atoms with Crippen LogP contribution in [-0.2, 0) is 5.41 Å². The Morgan fingerprint density at radius 2 is 2.25 bits per heavy atom. The Morgan fingerprint density at radius 1 is 1.45 bits per heavy atom. The molecule has 0 amide bonds. The normalized spacial score (nSPS) is 19.4. The van der Waals surface area contributed by atoms with Gasteiger partial charge in [0.2, 0.25) is 0 Å². The van der Waals surface area contributed by atoms with Gasteiger partial charge in [-0.2, -0.15) is 0 Å². The first-order chi connectivity index (χ1) is 9.64. The quantitative estimate of drug-likeness (QED) is 0.520. The number of nitrogens with two attached hydrogens (primary N) is 1. The number of benzene rings is 1. The Labute approximate surface area is 118 Å². The maximum absolute atomic E-state index is 5.95. The van der Waals surface area contributed by atoms with Crippen LogP contribution in [0.1, 0.15) is 25.3 Å². The number of allylic oxidation sites excluding steroid dienone is 3. The Balaban J connectivity index is 1.86. The molecule has 0 aromatic heterocycles. The minimum absolute atomic E-state index is 0.198. The highest BCUT2D eigenvalue weighted by molar-refractivity contribution is 5.55. The lowest BCUT2D eigenvalue weighted by Gasteiger charge is -2.12. The maximum Gasteiger partial charge on any atom is 0.134 e. The van der Waals surface area contributed by atoms with Crippen LogP contribution in [0.3, 0.4) is 0 Å². The van der Waals surface area contributed by atoms with Crippen molar-refractivity contribution in [1.82, 2.24) is 0 Å². The summed E-state index contributed by atoms with van der Waals surface area (Å²) in [5.74, 6) is 2.96. The third kappa shape index (κ3) is 2.18. The Kier molecular flexibility index (Phi) is 3.01. The maximum atomic E-state index is 5.95. The van der Waals surface area contributed by atoms with E-state index in [1.54, 1.807) is 12.2 Å². The Morgan fingerprint density at radius 3 is 2.95 bits per heavy atom. The van der Waals surface area contributed by atoms with Crippen LogP contribution >= 0.6 is 0 Å². The van der Waals surface area contributed by atoms with Gasteiger partial charge in [-0.05, 0) is 50.8 Å². The molecule has 2 aliphatic rings. The highest BCUT2D eigenvalue weighted by Crippen LogP contribution is 2.58. The van der Waals surface area contributed by atoms with Crippen LogP contribution in [0, 0.1) is 0 Å². The molecule has 1 aliphatic heterocycles. The van der Waals surface area contributed by atoms with Crippen LogP contribution in [0.25, 0.3) is 0 Å². The topological polar surface area (TPSA) is 56.8 Å². The van der Waals surface area contributed by atoms with E-state index in [9.17, 15) is 0 Å². The van der Waals surface area contributed by atoms with Gasteiger partial charge in [0.05, 0.1) is 6.61 Å². The molecule has 4 heteroatoms. The summed E-state index contributed by atoms with van der Waals surface area (Å²) in [5, 5.41) is 0. The molecule has 1 saturated carbocycles. The molecule has 3 rings (SSSR count). The average Bonchev–Trinajstić information content (AvgIpc) is 3.13. The van der Waals surface area contributed by atoms with Gasteiger partial charge in [-0.3, -0.25) is 0 Å². The fraction of sp³-hybridized carbons (Fsp3) is 0.312. The number of rotatable bonds is 4. The first kappa shape index (κ1) is 12.8. The van der Waals surface area contributed by atoms with Gasteiger partial charge in [0.1, 0.15) is 23.1 Å². The molecule has 2 N–H and O–H groups in total. The molecular formula is C16H18N2O2. The third-order valence-corrected chi connectivity index (χ3v) is 3.82. The van der Waals surface area contributed by atoms with Gasteiger partial charge in [-0.1, -0.05) is 6.07 Å². The van der Waals surface area contributed by atoms with Gasteiger partial charge in [0, 0.05) is 11.0 Å². The van der Waals surface area contributed by atoms with Crippen LogP contribution in [0.5, 0.6) is 11.5 Å². The van der Waals surface area contributed by atoms with Crippen molar-refractivity contribution in [2.45, 2.75) is 25.2 Å². The van der Waals surface area contributed by atoms with Crippen LogP contribution in [-0.4, -0.2) is 13.3 Å². The molecule has 1 aromatic rings. The average molecular weight is 270 g/mol. The number of aliphatic imine (C=N–C) groups is 1. The molecule has 1 heterocycles. The second kappa shape index (κ2) is 4.71. The molecule has 1 aromatic carbocycles. The molecule has 0 unspecified atom stereocenters. The first-order valence-corrected chi connectivity index (χ1v) is 6.69. The van der Waals surface area contributed by atoms with Crippen molar-refractivity contribution in [2.75, 3.05) is 6.61 Å². The number of nitrogens with zero attached hydrogens (tertiary/aromatic N) is 1. The SMILES string of the molecule is C=N/C(N)=C\C=C(/C)Oc1cccc2c1C1(CC1)CO2. The van der Waals surface area contributed by atoms with Crippen molar-refractivity contribution in [2.24, 2.45) is 10.7 Å². The van der Waals surface area contributed by atoms with E-state index in [0.29, 0.717) is 5.82 Å².